The van der Waals surface area contributed by atoms with Gasteiger partial charge in [-0.05, 0) is 103 Å². The first-order chi connectivity index (χ1) is 15.4. The van der Waals surface area contributed by atoms with Crippen LogP contribution in [0.5, 0.6) is 0 Å². The smallest absolute Gasteiger partial charge is 0.251 e. The van der Waals surface area contributed by atoms with Crippen LogP contribution in [0, 0.1) is 23.1 Å². The van der Waals surface area contributed by atoms with Gasteiger partial charge in [0.25, 0.3) is 5.91 Å². The van der Waals surface area contributed by atoms with Gasteiger partial charge in [-0.15, -0.1) is 0 Å². The average molecular weight is 435 g/mol. The number of hydrogen-bond acceptors (Lipinski definition) is 3. The van der Waals surface area contributed by atoms with E-state index in [0.29, 0.717) is 23.3 Å². The van der Waals surface area contributed by atoms with Crippen molar-refractivity contribution < 1.29 is 14.3 Å². The number of nitrogens with one attached hydrogen (secondary N) is 1. The fraction of sp³-hybridized carbons (Fsp3) is 0.481. The summed E-state index contributed by atoms with van der Waals surface area (Å²) in [5.74, 6) is 1.28. The molecule has 5 heteroatoms. The number of hydrogen-bond donors (Lipinski definition) is 2. The van der Waals surface area contributed by atoms with Crippen LogP contribution >= 0.6 is 0 Å². The highest BCUT2D eigenvalue weighted by molar-refractivity contribution is 5.94. The lowest BCUT2D eigenvalue weighted by Crippen LogP contribution is -2.41. The third-order valence-electron chi connectivity index (χ3n) is 8.24. The Balaban J connectivity index is 1.39. The van der Waals surface area contributed by atoms with Crippen LogP contribution in [0.1, 0.15) is 72.5 Å². The lowest BCUT2D eigenvalue weighted by molar-refractivity contribution is 0.0882. The van der Waals surface area contributed by atoms with Gasteiger partial charge in [-0.2, -0.15) is 0 Å². The van der Waals surface area contributed by atoms with E-state index < -0.39 is 0 Å². The van der Waals surface area contributed by atoms with Crippen molar-refractivity contribution in [1.29, 1.82) is 0 Å². The van der Waals surface area contributed by atoms with Crippen molar-refractivity contribution >= 4 is 11.5 Å². The van der Waals surface area contributed by atoms with Gasteiger partial charge in [0.15, 0.2) is 0 Å². The Labute approximate surface area is 189 Å². The van der Waals surface area contributed by atoms with Crippen LogP contribution < -0.4 is 5.32 Å². The van der Waals surface area contributed by atoms with Crippen LogP contribution in [0.3, 0.4) is 0 Å². The largest absolute Gasteiger partial charge is 0.394 e. The number of aromatic nitrogens is 1. The fourth-order valence-electron chi connectivity index (χ4n) is 6.65. The number of amides is 1. The Morgan fingerprint density at radius 3 is 2.94 bits per heavy atom. The molecule has 3 aliphatic rings. The summed E-state index contributed by atoms with van der Waals surface area (Å²) in [7, 11) is 0. The van der Waals surface area contributed by atoms with Crippen LogP contribution in [-0.2, 0) is 6.42 Å². The molecule has 5 atom stereocenters. The number of rotatable bonds is 4. The molecule has 5 rings (SSSR count). The van der Waals surface area contributed by atoms with Gasteiger partial charge in [0.2, 0.25) is 0 Å². The van der Waals surface area contributed by atoms with Crippen LogP contribution in [0.25, 0.3) is 5.57 Å². The first-order valence-electron chi connectivity index (χ1n) is 11.8. The van der Waals surface area contributed by atoms with Crippen molar-refractivity contribution in [2.24, 2.45) is 17.3 Å². The molecule has 1 heterocycles. The summed E-state index contributed by atoms with van der Waals surface area (Å²) in [6, 6.07) is 7.52. The maximum Gasteiger partial charge on any atom is 0.251 e. The number of carbonyl (C=O) groups excluding carboxylic acids is 1. The maximum absolute atomic E-state index is 13.9. The minimum absolute atomic E-state index is 0.0639. The van der Waals surface area contributed by atoms with Gasteiger partial charge in [-0.25, -0.2) is 4.39 Å². The summed E-state index contributed by atoms with van der Waals surface area (Å²) in [5.41, 5.74) is 5.62. The summed E-state index contributed by atoms with van der Waals surface area (Å²) in [6.45, 7) is 4.09. The number of aliphatic hydroxyl groups excluding tert-OH is 1. The molecule has 2 N–H and O–H groups in total. The average Bonchev–Trinajstić information content (AvgIpc) is 3.15. The summed E-state index contributed by atoms with van der Waals surface area (Å²) in [5, 5.41) is 12.1. The number of allylic oxidation sites excluding steroid dienone is 2. The predicted octanol–water partition coefficient (Wildman–Crippen LogP) is 4.88. The zero-order valence-corrected chi connectivity index (χ0v) is 18.8. The van der Waals surface area contributed by atoms with Crippen LogP contribution in [0.2, 0.25) is 0 Å². The number of fused-ring (bicyclic) bond motifs is 5. The lowest BCUT2D eigenvalue weighted by atomic mass is 9.54. The Bertz CT molecular complexity index is 1080. The van der Waals surface area contributed by atoms with Crippen molar-refractivity contribution in [3.8, 4) is 0 Å². The maximum atomic E-state index is 13.9. The van der Waals surface area contributed by atoms with E-state index in [0.717, 1.165) is 37.7 Å². The molecule has 168 valence electrons. The van der Waals surface area contributed by atoms with Gasteiger partial charge in [0.05, 0.1) is 12.8 Å². The molecule has 1 aromatic carbocycles. The van der Waals surface area contributed by atoms with Gasteiger partial charge >= 0.3 is 0 Å². The van der Waals surface area contributed by atoms with E-state index in [1.165, 1.54) is 22.9 Å². The molecule has 2 aromatic rings. The van der Waals surface area contributed by atoms with Crippen molar-refractivity contribution in [2.45, 2.75) is 57.9 Å². The SMILES string of the molecule is CC(CO)NC(=O)c1ccc2c(c1)CC[C@@H]1[C@@H]2CC[C@]2(C)C(c3cncc(F)c3)=CC[C@@H]12. The third-order valence-corrected chi connectivity index (χ3v) is 8.24. The highest BCUT2D eigenvalue weighted by atomic mass is 19.1. The Hall–Kier alpha value is -2.53. The standard InChI is InChI=1S/C27H31FN2O2/c1-16(15-31)30-26(32)18-4-5-21-17(11-18)3-6-23-22(21)9-10-27(2)24(7-8-25(23)27)19-12-20(28)14-29-13-19/h4-5,7,11-14,16,22-23,25,31H,3,6,8-10,15H2,1-2H3,(H,30,32)/t16?,22-,23-,25+,27-/m1/s1. The summed E-state index contributed by atoms with van der Waals surface area (Å²) < 4.78 is 13.9. The molecular formula is C27H31FN2O2. The van der Waals surface area contributed by atoms with Crippen molar-refractivity contribution in [3.05, 3.63) is 70.8 Å². The highest BCUT2D eigenvalue weighted by Crippen LogP contribution is 2.63. The Morgan fingerprint density at radius 2 is 2.16 bits per heavy atom. The minimum atomic E-state index is -0.274. The Kier molecular flexibility index (Phi) is 5.40. The number of carbonyl (C=O) groups is 1. The summed E-state index contributed by atoms with van der Waals surface area (Å²) in [6.07, 6.45) is 10.7. The number of nitrogens with zero attached hydrogens (tertiary/aromatic N) is 1. The van der Waals surface area contributed by atoms with E-state index in [1.54, 1.807) is 19.2 Å². The van der Waals surface area contributed by atoms with Crippen LogP contribution in [0.15, 0.2) is 42.7 Å². The molecule has 1 amide bonds. The molecule has 0 radical (unpaired) electrons. The van der Waals surface area contributed by atoms with E-state index in [4.69, 9.17) is 0 Å². The molecule has 0 saturated heterocycles. The zero-order chi connectivity index (χ0) is 22.5. The van der Waals surface area contributed by atoms with E-state index in [9.17, 15) is 14.3 Å². The second-order valence-electron chi connectivity index (χ2n) is 10.1. The van der Waals surface area contributed by atoms with Crippen molar-refractivity contribution in [3.63, 3.8) is 0 Å². The minimum Gasteiger partial charge on any atom is -0.394 e. The van der Waals surface area contributed by atoms with Crippen molar-refractivity contribution in [1.82, 2.24) is 10.3 Å². The van der Waals surface area contributed by atoms with Crippen LogP contribution in [0.4, 0.5) is 4.39 Å². The van der Waals surface area contributed by atoms with E-state index in [2.05, 4.69) is 35.4 Å². The van der Waals surface area contributed by atoms with Gasteiger partial charge in [-0.1, -0.05) is 19.1 Å². The summed E-state index contributed by atoms with van der Waals surface area (Å²) in [4.78, 5) is 16.6. The molecule has 0 bridgehead atoms. The number of pyridine rings is 1. The molecule has 0 spiro atoms. The van der Waals surface area contributed by atoms with Gasteiger partial charge in [-0.3, -0.25) is 9.78 Å². The van der Waals surface area contributed by atoms with E-state index >= 15 is 0 Å². The van der Waals surface area contributed by atoms with E-state index in [1.807, 2.05) is 6.07 Å². The molecular weight excluding hydrogens is 403 g/mol. The fourth-order valence-corrected chi connectivity index (χ4v) is 6.65. The first-order valence-corrected chi connectivity index (χ1v) is 11.8. The second-order valence-corrected chi connectivity index (χ2v) is 10.1. The quantitative estimate of drug-likeness (QED) is 0.721. The molecule has 4 nitrogen and oxygen atoms in total. The first kappa shape index (κ1) is 21.3. The normalized spacial score (nSPS) is 29.4. The summed E-state index contributed by atoms with van der Waals surface area (Å²) >= 11 is 0. The van der Waals surface area contributed by atoms with Crippen molar-refractivity contribution in [2.75, 3.05) is 6.61 Å². The Morgan fingerprint density at radius 1 is 1.31 bits per heavy atom. The van der Waals surface area contributed by atoms with Gasteiger partial charge in [0.1, 0.15) is 5.82 Å². The molecule has 1 fully saturated rings. The number of halogens is 1. The molecule has 1 unspecified atom stereocenters. The molecule has 3 aliphatic carbocycles. The van der Waals surface area contributed by atoms with Crippen LogP contribution in [-0.4, -0.2) is 28.6 Å². The zero-order valence-electron chi connectivity index (χ0n) is 18.8. The lowest BCUT2D eigenvalue weighted by Gasteiger charge is -2.50. The van der Waals surface area contributed by atoms with E-state index in [-0.39, 0.29) is 29.8 Å². The number of benzene rings is 1. The third kappa shape index (κ3) is 3.47. The molecule has 1 aromatic heterocycles. The number of aliphatic hydroxyl groups is 1. The topological polar surface area (TPSA) is 62.2 Å². The second kappa shape index (κ2) is 8.11. The molecule has 0 aliphatic heterocycles. The molecule has 1 saturated carbocycles. The predicted molar refractivity (Wildman–Crippen MR) is 123 cm³/mol. The monoisotopic (exact) mass is 434 g/mol. The highest BCUT2D eigenvalue weighted by Gasteiger charge is 2.52. The molecule has 32 heavy (non-hydrogen) atoms. The van der Waals surface area contributed by atoms with Gasteiger partial charge in [0, 0.05) is 17.8 Å². The number of aryl methyl sites for hydroxylation is 1. The van der Waals surface area contributed by atoms with Gasteiger partial charge < -0.3 is 10.4 Å².